The fraction of sp³-hybridized carbons (Fsp3) is 0.700. The molecule has 1 saturated heterocycles. The molecule has 0 saturated carbocycles. The maximum absolute atomic E-state index is 10.2. The van der Waals surface area contributed by atoms with E-state index in [2.05, 4.69) is 4.98 Å². The van der Waals surface area contributed by atoms with E-state index in [0.717, 1.165) is 23.5 Å². The van der Waals surface area contributed by atoms with Crippen molar-refractivity contribution < 1.29 is 9.84 Å². The number of rotatable bonds is 2. The van der Waals surface area contributed by atoms with Crippen molar-refractivity contribution in [3.05, 3.63) is 16.1 Å². The van der Waals surface area contributed by atoms with Crippen LogP contribution in [0.5, 0.6) is 0 Å². The Hall–Kier alpha value is -0.450. The van der Waals surface area contributed by atoms with E-state index in [0.29, 0.717) is 19.6 Å². The van der Waals surface area contributed by atoms with E-state index in [1.807, 2.05) is 12.3 Å². The number of aromatic nitrogens is 1. The first-order valence-electron chi connectivity index (χ1n) is 4.89. The average Bonchev–Trinajstić information content (AvgIpc) is 2.51. The third kappa shape index (κ3) is 2.32. The number of hydrogen-bond donors (Lipinski definition) is 1. The Labute approximate surface area is 87.7 Å². The van der Waals surface area contributed by atoms with Gasteiger partial charge in [0.05, 0.1) is 16.3 Å². The van der Waals surface area contributed by atoms with Gasteiger partial charge in [-0.1, -0.05) is 0 Å². The highest BCUT2D eigenvalue weighted by atomic mass is 32.1. The smallest absolute Gasteiger partial charge is 0.0897 e. The van der Waals surface area contributed by atoms with Crippen LogP contribution in [-0.4, -0.2) is 28.9 Å². The molecule has 1 N–H and O–H groups in total. The maximum atomic E-state index is 10.2. The molecule has 0 unspecified atom stereocenters. The van der Waals surface area contributed by atoms with Crippen LogP contribution in [0.3, 0.4) is 0 Å². The highest BCUT2D eigenvalue weighted by Gasteiger charge is 2.30. The molecule has 3 nitrogen and oxygen atoms in total. The summed E-state index contributed by atoms with van der Waals surface area (Å²) < 4.78 is 5.23. The largest absolute Gasteiger partial charge is 0.389 e. The Morgan fingerprint density at radius 2 is 2.29 bits per heavy atom. The molecule has 0 amide bonds. The van der Waals surface area contributed by atoms with E-state index in [1.165, 1.54) is 0 Å². The topological polar surface area (TPSA) is 42.4 Å². The van der Waals surface area contributed by atoms with E-state index >= 15 is 0 Å². The van der Waals surface area contributed by atoms with Crippen molar-refractivity contribution in [2.75, 3.05) is 13.2 Å². The van der Waals surface area contributed by atoms with Crippen LogP contribution < -0.4 is 0 Å². The molecule has 0 atom stereocenters. The van der Waals surface area contributed by atoms with Crippen molar-refractivity contribution in [2.24, 2.45) is 0 Å². The molecule has 0 bridgehead atoms. The Bertz CT molecular complexity index is 305. The molecule has 1 fully saturated rings. The normalized spacial score (nSPS) is 21.0. The number of ether oxygens (including phenoxy) is 1. The second-order valence-electron chi connectivity index (χ2n) is 3.87. The number of hydrogen-bond acceptors (Lipinski definition) is 4. The van der Waals surface area contributed by atoms with Gasteiger partial charge in [-0.25, -0.2) is 4.98 Å². The van der Waals surface area contributed by atoms with E-state index in [-0.39, 0.29) is 0 Å². The lowest BCUT2D eigenvalue weighted by Gasteiger charge is -2.31. The third-order valence-corrected chi connectivity index (χ3v) is 3.42. The summed E-state index contributed by atoms with van der Waals surface area (Å²) in [7, 11) is 0. The Balaban J connectivity index is 2.01. The lowest BCUT2D eigenvalue weighted by atomic mass is 9.90. The summed E-state index contributed by atoms with van der Waals surface area (Å²) in [5.41, 5.74) is 0.426. The first kappa shape index (κ1) is 10.1. The number of nitrogens with zero attached hydrogens (tertiary/aromatic N) is 1. The van der Waals surface area contributed by atoms with E-state index in [4.69, 9.17) is 4.74 Å². The predicted octanol–water partition coefficient (Wildman–Crippen LogP) is 1.54. The first-order valence-corrected chi connectivity index (χ1v) is 5.77. The molecule has 1 aromatic rings. The second-order valence-corrected chi connectivity index (χ2v) is 4.93. The van der Waals surface area contributed by atoms with Crippen LogP contribution in [0, 0.1) is 6.92 Å². The second kappa shape index (κ2) is 3.96. The summed E-state index contributed by atoms with van der Waals surface area (Å²) >= 11 is 1.64. The molecular weight excluding hydrogens is 198 g/mol. The van der Waals surface area contributed by atoms with Crippen LogP contribution in [0.25, 0.3) is 0 Å². The van der Waals surface area contributed by atoms with Crippen LogP contribution in [-0.2, 0) is 11.2 Å². The Kier molecular flexibility index (Phi) is 2.85. The summed E-state index contributed by atoms with van der Waals surface area (Å²) in [6, 6.07) is 0. The van der Waals surface area contributed by atoms with E-state index in [1.54, 1.807) is 11.3 Å². The van der Waals surface area contributed by atoms with E-state index in [9.17, 15) is 5.11 Å². The zero-order valence-corrected chi connectivity index (χ0v) is 9.14. The minimum Gasteiger partial charge on any atom is -0.389 e. The predicted molar refractivity (Wildman–Crippen MR) is 55.6 cm³/mol. The summed E-state index contributed by atoms with van der Waals surface area (Å²) in [6.07, 6.45) is 2.12. The van der Waals surface area contributed by atoms with Gasteiger partial charge in [0.1, 0.15) is 0 Å². The summed E-state index contributed by atoms with van der Waals surface area (Å²) in [4.78, 5) is 4.37. The van der Waals surface area contributed by atoms with Gasteiger partial charge in [-0.3, -0.25) is 0 Å². The zero-order valence-electron chi connectivity index (χ0n) is 8.32. The van der Waals surface area contributed by atoms with Gasteiger partial charge in [-0.2, -0.15) is 0 Å². The van der Waals surface area contributed by atoms with Crippen molar-refractivity contribution in [3.8, 4) is 0 Å². The Morgan fingerprint density at radius 3 is 2.86 bits per heavy atom. The highest BCUT2D eigenvalue weighted by molar-refractivity contribution is 7.09. The molecule has 14 heavy (non-hydrogen) atoms. The minimum atomic E-state index is -0.585. The van der Waals surface area contributed by atoms with Gasteiger partial charge in [-0.05, 0) is 19.8 Å². The lowest BCUT2D eigenvalue weighted by Crippen LogP contribution is -2.38. The number of thiazole rings is 1. The van der Waals surface area contributed by atoms with E-state index < -0.39 is 5.60 Å². The van der Waals surface area contributed by atoms with Crippen LogP contribution in [0.2, 0.25) is 0 Å². The van der Waals surface area contributed by atoms with Crippen LogP contribution in [0.1, 0.15) is 23.5 Å². The quantitative estimate of drug-likeness (QED) is 0.810. The molecule has 78 valence electrons. The molecule has 0 spiro atoms. The molecule has 1 aromatic heterocycles. The monoisotopic (exact) mass is 213 g/mol. The molecule has 1 aliphatic heterocycles. The van der Waals surface area contributed by atoms with Crippen molar-refractivity contribution in [1.29, 1.82) is 0 Å². The Morgan fingerprint density at radius 1 is 1.57 bits per heavy atom. The van der Waals surface area contributed by atoms with Crippen molar-refractivity contribution in [3.63, 3.8) is 0 Å². The fourth-order valence-electron chi connectivity index (χ4n) is 1.75. The number of aryl methyl sites for hydroxylation is 1. The van der Waals surface area contributed by atoms with Crippen molar-refractivity contribution in [1.82, 2.24) is 4.98 Å². The number of aliphatic hydroxyl groups is 1. The van der Waals surface area contributed by atoms with Crippen LogP contribution >= 0.6 is 11.3 Å². The van der Waals surface area contributed by atoms with Gasteiger partial charge in [0, 0.05) is 25.0 Å². The molecule has 1 aliphatic rings. The van der Waals surface area contributed by atoms with Gasteiger partial charge >= 0.3 is 0 Å². The maximum Gasteiger partial charge on any atom is 0.0897 e. The molecule has 0 aliphatic carbocycles. The van der Waals surface area contributed by atoms with Crippen LogP contribution in [0.4, 0.5) is 0 Å². The summed E-state index contributed by atoms with van der Waals surface area (Å²) in [5, 5.41) is 13.3. The zero-order chi connectivity index (χ0) is 10.0. The van der Waals surface area contributed by atoms with Gasteiger partial charge < -0.3 is 9.84 Å². The molecule has 0 radical (unpaired) electrons. The fourth-order valence-corrected chi connectivity index (χ4v) is 2.37. The minimum absolute atomic E-state index is 0.585. The standard InChI is InChI=1S/C10H15NO2S/c1-8-11-9(7-14-8)6-10(12)2-4-13-5-3-10/h7,12H,2-6H2,1H3. The summed E-state index contributed by atoms with van der Waals surface area (Å²) in [6.45, 7) is 3.32. The first-order chi connectivity index (χ1) is 6.68. The summed E-state index contributed by atoms with van der Waals surface area (Å²) in [5.74, 6) is 0. The van der Waals surface area contributed by atoms with Gasteiger partial charge in [0.15, 0.2) is 0 Å². The molecule has 2 rings (SSSR count). The van der Waals surface area contributed by atoms with Crippen molar-refractivity contribution in [2.45, 2.75) is 31.8 Å². The van der Waals surface area contributed by atoms with Gasteiger partial charge in [-0.15, -0.1) is 11.3 Å². The van der Waals surface area contributed by atoms with Crippen molar-refractivity contribution >= 4 is 11.3 Å². The van der Waals surface area contributed by atoms with Gasteiger partial charge in [0.25, 0.3) is 0 Å². The molecule has 2 heterocycles. The molecule has 4 heteroatoms. The van der Waals surface area contributed by atoms with Gasteiger partial charge in [0.2, 0.25) is 0 Å². The highest BCUT2D eigenvalue weighted by Crippen LogP contribution is 2.25. The lowest BCUT2D eigenvalue weighted by molar-refractivity contribution is -0.0630. The average molecular weight is 213 g/mol. The van der Waals surface area contributed by atoms with Crippen LogP contribution in [0.15, 0.2) is 5.38 Å². The molecule has 0 aromatic carbocycles. The third-order valence-electron chi connectivity index (χ3n) is 2.60. The molecular formula is C10H15NO2S. The SMILES string of the molecule is Cc1nc(CC2(O)CCOCC2)cs1.